The van der Waals surface area contributed by atoms with Gasteiger partial charge in [0.05, 0.1) is 18.5 Å². The van der Waals surface area contributed by atoms with Gasteiger partial charge in [-0.3, -0.25) is 9.55 Å². The minimum Gasteiger partial charge on any atom is -0.497 e. The Morgan fingerprint density at radius 1 is 0.970 bits per heavy atom. The molecule has 164 valence electrons. The summed E-state index contributed by atoms with van der Waals surface area (Å²) in [6, 6.07) is 19.7. The highest BCUT2D eigenvalue weighted by Crippen LogP contribution is 2.31. The van der Waals surface area contributed by atoms with E-state index in [2.05, 4.69) is 43.8 Å². The van der Waals surface area contributed by atoms with Gasteiger partial charge in [0.2, 0.25) is 5.89 Å². The van der Waals surface area contributed by atoms with E-state index in [9.17, 15) is 0 Å². The standard InChI is InChI=1S/C25H21N5O2S/c1-17-6-3-4-8-22(17)30-23(19-7-5-13-26-14-19)28-29-25(30)33-16-20-15-32-24(27-20)18-9-11-21(31-2)12-10-18/h3-15H,16H2,1-2H3. The van der Waals surface area contributed by atoms with Crippen molar-refractivity contribution in [2.24, 2.45) is 0 Å². The smallest absolute Gasteiger partial charge is 0.226 e. The predicted octanol–water partition coefficient (Wildman–Crippen LogP) is 5.59. The molecule has 0 atom stereocenters. The summed E-state index contributed by atoms with van der Waals surface area (Å²) in [5, 5.41) is 9.74. The number of hydrogen-bond acceptors (Lipinski definition) is 7. The van der Waals surface area contributed by atoms with Crippen molar-refractivity contribution in [3.8, 4) is 34.3 Å². The van der Waals surface area contributed by atoms with Gasteiger partial charge in [0.25, 0.3) is 0 Å². The predicted molar refractivity (Wildman–Crippen MR) is 127 cm³/mol. The highest BCUT2D eigenvalue weighted by Gasteiger charge is 2.18. The maximum atomic E-state index is 5.70. The first-order chi connectivity index (χ1) is 16.2. The summed E-state index contributed by atoms with van der Waals surface area (Å²) in [5.41, 5.74) is 4.79. The Labute approximate surface area is 195 Å². The lowest BCUT2D eigenvalue weighted by Crippen LogP contribution is -2.02. The topological polar surface area (TPSA) is 78.9 Å². The van der Waals surface area contributed by atoms with Crippen LogP contribution in [0.15, 0.2) is 88.9 Å². The molecule has 3 aromatic heterocycles. The molecule has 0 aliphatic heterocycles. The molecule has 0 amide bonds. The number of rotatable bonds is 7. The first-order valence-corrected chi connectivity index (χ1v) is 11.3. The second-order valence-corrected chi connectivity index (χ2v) is 8.27. The maximum Gasteiger partial charge on any atom is 0.226 e. The number of thioether (sulfide) groups is 1. The Hall–Kier alpha value is -3.91. The lowest BCUT2D eigenvalue weighted by Gasteiger charge is -2.12. The number of pyridine rings is 1. The van der Waals surface area contributed by atoms with E-state index in [4.69, 9.17) is 9.15 Å². The zero-order chi connectivity index (χ0) is 22.6. The van der Waals surface area contributed by atoms with E-state index in [1.165, 1.54) is 0 Å². The van der Waals surface area contributed by atoms with E-state index >= 15 is 0 Å². The number of aryl methyl sites for hydroxylation is 1. The largest absolute Gasteiger partial charge is 0.497 e. The van der Waals surface area contributed by atoms with Crippen LogP contribution >= 0.6 is 11.8 Å². The number of nitrogens with zero attached hydrogens (tertiary/aromatic N) is 5. The van der Waals surface area contributed by atoms with Gasteiger partial charge < -0.3 is 9.15 Å². The number of hydrogen-bond donors (Lipinski definition) is 0. The van der Waals surface area contributed by atoms with Gasteiger partial charge in [-0.05, 0) is 55.0 Å². The van der Waals surface area contributed by atoms with Gasteiger partial charge in [-0.1, -0.05) is 30.0 Å². The van der Waals surface area contributed by atoms with Crippen LogP contribution in [0.1, 0.15) is 11.3 Å². The molecular weight excluding hydrogens is 434 g/mol. The molecule has 5 aromatic rings. The molecule has 0 saturated carbocycles. The lowest BCUT2D eigenvalue weighted by molar-refractivity contribution is 0.415. The zero-order valence-corrected chi connectivity index (χ0v) is 19.0. The monoisotopic (exact) mass is 455 g/mol. The Morgan fingerprint density at radius 3 is 2.58 bits per heavy atom. The summed E-state index contributed by atoms with van der Waals surface area (Å²) >= 11 is 1.56. The fourth-order valence-electron chi connectivity index (χ4n) is 3.45. The van der Waals surface area contributed by atoms with E-state index < -0.39 is 0 Å². The van der Waals surface area contributed by atoms with E-state index in [0.717, 1.165) is 44.8 Å². The normalized spacial score (nSPS) is 11.0. The summed E-state index contributed by atoms with van der Waals surface area (Å²) in [4.78, 5) is 8.89. The molecule has 33 heavy (non-hydrogen) atoms. The summed E-state index contributed by atoms with van der Waals surface area (Å²) in [6.07, 6.45) is 5.23. The molecule has 5 rings (SSSR count). The van der Waals surface area contributed by atoms with E-state index in [1.54, 1.807) is 37.5 Å². The van der Waals surface area contributed by atoms with Crippen LogP contribution in [0.3, 0.4) is 0 Å². The maximum absolute atomic E-state index is 5.70. The van der Waals surface area contributed by atoms with Crippen molar-refractivity contribution in [3.63, 3.8) is 0 Å². The van der Waals surface area contributed by atoms with Crippen LogP contribution in [0.5, 0.6) is 5.75 Å². The minimum absolute atomic E-state index is 0.574. The highest BCUT2D eigenvalue weighted by molar-refractivity contribution is 7.98. The molecule has 8 heteroatoms. The summed E-state index contributed by atoms with van der Waals surface area (Å²) in [7, 11) is 1.64. The van der Waals surface area contributed by atoms with Crippen molar-refractivity contribution in [2.45, 2.75) is 17.8 Å². The van der Waals surface area contributed by atoms with Crippen molar-refractivity contribution in [2.75, 3.05) is 7.11 Å². The molecule has 2 aromatic carbocycles. The molecule has 3 heterocycles. The number of benzene rings is 2. The third-order valence-corrected chi connectivity index (χ3v) is 6.11. The van der Waals surface area contributed by atoms with E-state index in [0.29, 0.717) is 11.6 Å². The molecule has 0 bridgehead atoms. The van der Waals surface area contributed by atoms with Crippen LogP contribution in [-0.2, 0) is 5.75 Å². The van der Waals surface area contributed by atoms with Crippen molar-refractivity contribution in [1.82, 2.24) is 24.7 Å². The van der Waals surface area contributed by atoms with Gasteiger partial charge >= 0.3 is 0 Å². The van der Waals surface area contributed by atoms with Gasteiger partial charge in [-0.25, -0.2) is 4.98 Å². The third kappa shape index (κ3) is 4.38. The molecule has 7 nitrogen and oxygen atoms in total. The summed E-state index contributed by atoms with van der Waals surface area (Å²) in [6.45, 7) is 2.08. The first kappa shape index (κ1) is 21.0. The molecule has 0 N–H and O–H groups in total. The average Bonchev–Trinajstić information content (AvgIpc) is 3.51. The summed E-state index contributed by atoms with van der Waals surface area (Å²) in [5.74, 6) is 2.71. The van der Waals surface area contributed by atoms with E-state index in [-0.39, 0.29) is 0 Å². The van der Waals surface area contributed by atoms with Gasteiger partial charge in [0.1, 0.15) is 12.0 Å². The van der Waals surface area contributed by atoms with Gasteiger partial charge in [0, 0.05) is 29.3 Å². The number of aromatic nitrogens is 5. The van der Waals surface area contributed by atoms with Crippen LogP contribution < -0.4 is 4.74 Å². The number of ether oxygens (including phenoxy) is 1. The quantitative estimate of drug-likeness (QED) is 0.296. The van der Waals surface area contributed by atoms with Crippen molar-refractivity contribution in [1.29, 1.82) is 0 Å². The Morgan fingerprint density at radius 2 is 1.82 bits per heavy atom. The van der Waals surface area contributed by atoms with Crippen LogP contribution in [0, 0.1) is 6.92 Å². The molecule has 0 aliphatic carbocycles. The molecular formula is C25H21N5O2S. The summed E-state index contributed by atoms with van der Waals surface area (Å²) < 4.78 is 13.0. The Bertz CT molecular complexity index is 1360. The SMILES string of the molecule is COc1ccc(-c2nc(CSc3nnc(-c4cccnc4)n3-c3ccccc3C)co2)cc1. The van der Waals surface area contributed by atoms with Crippen molar-refractivity contribution in [3.05, 3.63) is 90.6 Å². The Kier molecular flexibility index (Phi) is 5.91. The third-order valence-electron chi connectivity index (χ3n) is 5.15. The van der Waals surface area contributed by atoms with E-state index in [1.807, 2.05) is 48.5 Å². The number of para-hydroxylation sites is 1. The fourth-order valence-corrected chi connectivity index (χ4v) is 4.28. The number of oxazole rings is 1. The van der Waals surface area contributed by atoms with Crippen molar-refractivity contribution < 1.29 is 9.15 Å². The van der Waals surface area contributed by atoms with Crippen molar-refractivity contribution >= 4 is 11.8 Å². The molecule has 0 spiro atoms. The Balaban J connectivity index is 1.43. The molecule has 0 radical (unpaired) electrons. The second-order valence-electron chi connectivity index (χ2n) is 7.33. The van der Waals surface area contributed by atoms with Crippen LogP contribution in [0.25, 0.3) is 28.5 Å². The van der Waals surface area contributed by atoms with Gasteiger partial charge in [-0.2, -0.15) is 0 Å². The minimum atomic E-state index is 0.574. The first-order valence-electron chi connectivity index (χ1n) is 10.4. The van der Waals surface area contributed by atoms with Crippen LogP contribution in [0.4, 0.5) is 0 Å². The lowest BCUT2D eigenvalue weighted by atomic mass is 10.2. The number of methoxy groups -OCH3 is 1. The molecule has 0 unspecified atom stereocenters. The van der Waals surface area contributed by atoms with Crippen LogP contribution in [0.2, 0.25) is 0 Å². The zero-order valence-electron chi connectivity index (χ0n) is 18.2. The van der Waals surface area contributed by atoms with Crippen LogP contribution in [-0.4, -0.2) is 31.8 Å². The van der Waals surface area contributed by atoms with Gasteiger partial charge in [0.15, 0.2) is 11.0 Å². The average molecular weight is 456 g/mol. The fraction of sp³-hybridized carbons (Fsp3) is 0.120. The van der Waals surface area contributed by atoms with Gasteiger partial charge in [-0.15, -0.1) is 10.2 Å². The second kappa shape index (κ2) is 9.30. The molecule has 0 aliphatic rings. The highest BCUT2D eigenvalue weighted by atomic mass is 32.2. The molecule has 0 fully saturated rings. The molecule has 0 saturated heterocycles.